The lowest BCUT2D eigenvalue weighted by molar-refractivity contribution is -0.126. The Morgan fingerprint density at radius 2 is 2.50 bits per heavy atom. The molecule has 2 heterocycles. The Morgan fingerprint density at radius 1 is 1.67 bits per heavy atom. The monoisotopic (exact) mass is 267 g/mol. The van der Waals surface area contributed by atoms with Crippen molar-refractivity contribution in [1.29, 1.82) is 0 Å². The third kappa shape index (κ3) is 3.54. The average molecular weight is 267 g/mol. The van der Waals surface area contributed by atoms with E-state index in [0.717, 1.165) is 6.42 Å². The van der Waals surface area contributed by atoms with Crippen molar-refractivity contribution >= 4 is 23.2 Å². The van der Waals surface area contributed by atoms with Crippen molar-refractivity contribution in [3.63, 3.8) is 0 Å². The number of hydrogen-bond acceptors (Lipinski definition) is 4. The van der Waals surface area contributed by atoms with Gasteiger partial charge >= 0.3 is 0 Å². The normalized spacial score (nSPS) is 21.2. The van der Waals surface area contributed by atoms with Gasteiger partial charge in [-0.25, -0.2) is 0 Å². The lowest BCUT2D eigenvalue weighted by Crippen LogP contribution is -2.59. The first-order chi connectivity index (χ1) is 8.65. The van der Waals surface area contributed by atoms with E-state index in [0.29, 0.717) is 6.54 Å². The van der Waals surface area contributed by atoms with Gasteiger partial charge in [-0.1, -0.05) is 0 Å². The van der Waals surface area contributed by atoms with Crippen LogP contribution in [0.2, 0.25) is 0 Å². The van der Waals surface area contributed by atoms with Crippen molar-refractivity contribution < 1.29 is 9.59 Å². The maximum Gasteiger partial charge on any atom is 0.239 e. The molecule has 1 aromatic heterocycles. The number of amides is 2. The minimum absolute atomic E-state index is 0.0577. The lowest BCUT2D eigenvalue weighted by Gasteiger charge is -2.24. The number of carbonyl (C=O) groups excluding carboxylic acids is 2. The van der Waals surface area contributed by atoms with Gasteiger partial charge in [-0.3, -0.25) is 14.9 Å². The summed E-state index contributed by atoms with van der Waals surface area (Å²) in [6.07, 6.45) is 0.828. The fraction of sp³-hybridized carbons (Fsp3) is 0.500. The summed E-state index contributed by atoms with van der Waals surface area (Å²) in [6, 6.07) is 1.83. The zero-order valence-corrected chi connectivity index (χ0v) is 11.0. The molecule has 98 valence electrons. The molecule has 0 radical (unpaired) electrons. The number of rotatable bonds is 4. The quantitative estimate of drug-likeness (QED) is 0.712. The summed E-state index contributed by atoms with van der Waals surface area (Å²) in [6.45, 7) is 2.55. The Morgan fingerprint density at radius 3 is 3.11 bits per heavy atom. The van der Waals surface area contributed by atoms with Crippen LogP contribution in [0.3, 0.4) is 0 Å². The molecule has 0 spiro atoms. The molecule has 1 fully saturated rings. The fourth-order valence-electron chi connectivity index (χ4n) is 1.91. The first-order valence-corrected chi connectivity index (χ1v) is 6.91. The average Bonchev–Trinajstić information content (AvgIpc) is 2.82. The molecule has 3 N–H and O–H groups in total. The highest BCUT2D eigenvalue weighted by atomic mass is 32.1. The number of piperazine rings is 1. The van der Waals surface area contributed by atoms with Crippen LogP contribution in [0.25, 0.3) is 0 Å². The van der Waals surface area contributed by atoms with Crippen LogP contribution in [-0.4, -0.2) is 37.0 Å². The highest BCUT2D eigenvalue weighted by Crippen LogP contribution is 2.08. The number of nitrogens with one attached hydrogen (secondary N) is 3. The van der Waals surface area contributed by atoms with Crippen molar-refractivity contribution in [3.8, 4) is 0 Å². The van der Waals surface area contributed by atoms with Crippen LogP contribution in [0, 0.1) is 0 Å². The van der Waals surface area contributed by atoms with Gasteiger partial charge in [0.05, 0.1) is 6.54 Å². The Labute approximate surface area is 110 Å². The van der Waals surface area contributed by atoms with E-state index in [9.17, 15) is 9.59 Å². The van der Waals surface area contributed by atoms with Crippen LogP contribution >= 0.6 is 11.3 Å². The smallest absolute Gasteiger partial charge is 0.239 e. The Bertz CT molecular complexity index is 409. The summed E-state index contributed by atoms with van der Waals surface area (Å²) in [5.41, 5.74) is 1.23. The molecular weight excluding hydrogens is 250 g/mol. The number of hydrogen-bond donors (Lipinski definition) is 3. The summed E-state index contributed by atoms with van der Waals surface area (Å²) >= 11 is 1.66. The maximum atomic E-state index is 11.9. The van der Waals surface area contributed by atoms with Crippen LogP contribution in [0.4, 0.5) is 0 Å². The van der Waals surface area contributed by atoms with Gasteiger partial charge in [0.25, 0.3) is 0 Å². The molecule has 0 bridgehead atoms. The highest BCUT2D eigenvalue weighted by Gasteiger charge is 2.24. The van der Waals surface area contributed by atoms with E-state index in [1.54, 1.807) is 11.3 Å². The molecule has 2 atom stereocenters. The maximum absolute atomic E-state index is 11.9. The van der Waals surface area contributed by atoms with Gasteiger partial charge in [-0.2, -0.15) is 11.3 Å². The molecule has 1 saturated heterocycles. The third-order valence-electron chi connectivity index (χ3n) is 2.84. The molecule has 6 heteroatoms. The summed E-state index contributed by atoms with van der Waals surface area (Å²) in [7, 11) is 0. The zero-order valence-electron chi connectivity index (χ0n) is 10.2. The Kier molecular flexibility index (Phi) is 4.33. The second kappa shape index (κ2) is 5.97. The van der Waals surface area contributed by atoms with Gasteiger partial charge in [0.15, 0.2) is 0 Å². The fourth-order valence-corrected chi connectivity index (χ4v) is 2.59. The highest BCUT2D eigenvalue weighted by molar-refractivity contribution is 7.07. The molecule has 1 aliphatic rings. The topological polar surface area (TPSA) is 70.2 Å². The predicted octanol–water partition coefficient (Wildman–Crippen LogP) is -0.117. The van der Waals surface area contributed by atoms with E-state index < -0.39 is 0 Å². The summed E-state index contributed by atoms with van der Waals surface area (Å²) in [4.78, 5) is 22.9. The first-order valence-electron chi connectivity index (χ1n) is 5.96. The second-order valence-electron chi connectivity index (χ2n) is 4.48. The van der Waals surface area contributed by atoms with Crippen LogP contribution in [0.15, 0.2) is 16.8 Å². The van der Waals surface area contributed by atoms with E-state index in [-0.39, 0.29) is 30.4 Å². The summed E-state index contributed by atoms with van der Waals surface area (Å²) in [5, 5.41) is 12.7. The van der Waals surface area contributed by atoms with Gasteiger partial charge < -0.3 is 10.6 Å². The van der Waals surface area contributed by atoms with Gasteiger partial charge in [0.2, 0.25) is 11.8 Å². The van der Waals surface area contributed by atoms with E-state index in [2.05, 4.69) is 27.4 Å². The van der Waals surface area contributed by atoms with Crippen molar-refractivity contribution in [2.45, 2.75) is 25.4 Å². The van der Waals surface area contributed by atoms with Crippen molar-refractivity contribution in [2.24, 2.45) is 0 Å². The molecule has 2 unspecified atom stereocenters. The zero-order chi connectivity index (χ0) is 13.0. The summed E-state index contributed by atoms with van der Waals surface area (Å²) in [5.74, 6) is -0.122. The molecule has 2 rings (SSSR count). The summed E-state index contributed by atoms with van der Waals surface area (Å²) < 4.78 is 0. The molecule has 0 saturated carbocycles. The molecule has 1 aliphatic heterocycles. The van der Waals surface area contributed by atoms with Crippen molar-refractivity contribution in [3.05, 3.63) is 22.4 Å². The Hall–Kier alpha value is -1.40. The molecule has 0 aliphatic carbocycles. The number of thiophene rings is 1. The largest absolute Gasteiger partial charge is 0.353 e. The van der Waals surface area contributed by atoms with Gasteiger partial charge in [-0.15, -0.1) is 0 Å². The van der Waals surface area contributed by atoms with E-state index in [1.165, 1.54) is 5.56 Å². The molecule has 5 nitrogen and oxygen atoms in total. The second-order valence-corrected chi connectivity index (χ2v) is 5.26. The van der Waals surface area contributed by atoms with E-state index >= 15 is 0 Å². The van der Waals surface area contributed by atoms with Crippen molar-refractivity contribution in [2.75, 3.05) is 13.1 Å². The molecule has 0 aromatic carbocycles. The van der Waals surface area contributed by atoms with E-state index in [1.807, 2.05) is 12.3 Å². The Balaban J connectivity index is 1.78. The van der Waals surface area contributed by atoms with Crippen LogP contribution in [0.5, 0.6) is 0 Å². The SMILES string of the molecule is CC(Cc1ccsc1)NC(=O)C1CNC(=O)CN1. The van der Waals surface area contributed by atoms with Crippen LogP contribution in [0.1, 0.15) is 12.5 Å². The molecule has 2 amide bonds. The van der Waals surface area contributed by atoms with Crippen LogP contribution < -0.4 is 16.0 Å². The van der Waals surface area contributed by atoms with Crippen molar-refractivity contribution in [1.82, 2.24) is 16.0 Å². The molecule has 1 aromatic rings. The minimum Gasteiger partial charge on any atom is -0.353 e. The lowest BCUT2D eigenvalue weighted by atomic mass is 10.1. The van der Waals surface area contributed by atoms with E-state index in [4.69, 9.17) is 0 Å². The first kappa shape index (κ1) is 13.0. The van der Waals surface area contributed by atoms with Gasteiger partial charge in [0, 0.05) is 12.6 Å². The molecular formula is C12H17N3O2S. The molecule has 18 heavy (non-hydrogen) atoms. The van der Waals surface area contributed by atoms with Gasteiger partial charge in [-0.05, 0) is 35.7 Å². The third-order valence-corrected chi connectivity index (χ3v) is 3.57. The number of carbonyl (C=O) groups is 2. The minimum atomic E-state index is -0.326. The standard InChI is InChI=1S/C12H17N3O2S/c1-8(4-9-2-3-18-7-9)15-12(17)10-5-14-11(16)6-13-10/h2-3,7-8,10,13H,4-6H2,1H3,(H,14,16)(H,15,17). The predicted molar refractivity (Wildman–Crippen MR) is 70.4 cm³/mol. The van der Waals surface area contributed by atoms with Crippen LogP contribution in [-0.2, 0) is 16.0 Å². The van der Waals surface area contributed by atoms with Gasteiger partial charge in [0.1, 0.15) is 6.04 Å².